The second kappa shape index (κ2) is 7.33. The lowest BCUT2D eigenvalue weighted by Crippen LogP contribution is -2.29. The Balaban J connectivity index is 1.51. The number of nitrogens with zero attached hydrogens (tertiary/aromatic N) is 2. The summed E-state index contributed by atoms with van der Waals surface area (Å²) in [4.78, 5) is 19.5. The van der Waals surface area contributed by atoms with Gasteiger partial charge in [0.05, 0.1) is 6.26 Å². The smallest absolute Gasteiger partial charge is 0.195 e. The number of carbonyl (C=O) groups excluding carboxylic acids is 1. The van der Waals surface area contributed by atoms with Crippen molar-refractivity contribution in [2.45, 2.75) is 25.7 Å². The number of furan rings is 1. The number of rotatable bonds is 5. The van der Waals surface area contributed by atoms with Crippen molar-refractivity contribution in [2.75, 3.05) is 23.7 Å². The lowest BCUT2D eigenvalue weighted by Gasteiger charge is -2.26. The van der Waals surface area contributed by atoms with Gasteiger partial charge in [0.15, 0.2) is 10.8 Å². The SMILES string of the molecule is Nc1ccc(-c2ccco2)cc1CC(=O)c1nc(N2CCCCC2)cs1. The van der Waals surface area contributed by atoms with Crippen molar-refractivity contribution in [2.24, 2.45) is 0 Å². The molecule has 26 heavy (non-hydrogen) atoms. The second-order valence-corrected chi connectivity index (χ2v) is 7.41. The van der Waals surface area contributed by atoms with E-state index < -0.39 is 0 Å². The van der Waals surface area contributed by atoms with Gasteiger partial charge in [0.25, 0.3) is 0 Å². The highest BCUT2D eigenvalue weighted by Gasteiger charge is 2.18. The summed E-state index contributed by atoms with van der Waals surface area (Å²) in [5.74, 6) is 1.69. The van der Waals surface area contributed by atoms with Gasteiger partial charge in [-0.1, -0.05) is 0 Å². The molecule has 3 aromatic rings. The summed E-state index contributed by atoms with van der Waals surface area (Å²) < 4.78 is 5.43. The van der Waals surface area contributed by atoms with Crippen LogP contribution in [0.3, 0.4) is 0 Å². The highest BCUT2D eigenvalue weighted by atomic mass is 32.1. The van der Waals surface area contributed by atoms with E-state index in [4.69, 9.17) is 10.2 Å². The first kappa shape index (κ1) is 16.8. The normalized spacial score (nSPS) is 14.5. The number of nitrogen functional groups attached to an aromatic ring is 1. The predicted molar refractivity (Wildman–Crippen MR) is 105 cm³/mol. The van der Waals surface area contributed by atoms with Gasteiger partial charge in [-0.05, 0) is 55.2 Å². The summed E-state index contributed by atoms with van der Waals surface area (Å²) in [6.45, 7) is 2.05. The summed E-state index contributed by atoms with van der Waals surface area (Å²) in [5, 5.41) is 2.54. The first-order chi connectivity index (χ1) is 12.7. The third kappa shape index (κ3) is 3.51. The average molecular weight is 367 g/mol. The summed E-state index contributed by atoms with van der Waals surface area (Å²) in [6.07, 6.45) is 5.53. The maximum absolute atomic E-state index is 12.7. The lowest BCUT2D eigenvalue weighted by atomic mass is 10.0. The monoisotopic (exact) mass is 367 g/mol. The number of benzene rings is 1. The van der Waals surface area contributed by atoms with E-state index in [2.05, 4.69) is 9.88 Å². The Bertz CT molecular complexity index is 896. The number of ketones is 1. The van der Waals surface area contributed by atoms with Crippen LogP contribution in [-0.2, 0) is 6.42 Å². The van der Waals surface area contributed by atoms with Crippen LogP contribution in [0.15, 0.2) is 46.4 Å². The Morgan fingerprint density at radius 2 is 2.08 bits per heavy atom. The van der Waals surface area contributed by atoms with Gasteiger partial charge in [0, 0.05) is 36.1 Å². The van der Waals surface area contributed by atoms with E-state index in [1.807, 2.05) is 35.7 Å². The van der Waals surface area contributed by atoms with E-state index in [9.17, 15) is 4.79 Å². The maximum Gasteiger partial charge on any atom is 0.195 e. The first-order valence-electron chi connectivity index (χ1n) is 8.86. The van der Waals surface area contributed by atoms with Gasteiger partial charge in [-0.3, -0.25) is 4.79 Å². The third-order valence-corrected chi connectivity index (χ3v) is 5.58. The number of nitrogens with two attached hydrogens (primary N) is 1. The number of thiazole rings is 1. The molecular formula is C20H21N3O2S. The Labute approximate surface area is 156 Å². The lowest BCUT2D eigenvalue weighted by molar-refractivity contribution is 0.0993. The van der Waals surface area contributed by atoms with E-state index in [1.165, 1.54) is 30.6 Å². The topological polar surface area (TPSA) is 72.4 Å². The molecular weight excluding hydrogens is 346 g/mol. The molecule has 0 saturated carbocycles. The summed E-state index contributed by atoms with van der Waals surface area (Å²) in [5.41, 5.74) is 8.42. The maximum atomic E-state index is 12.7. The van der Waals surface area contributed by atoms with E-state index in [-0.39, 0.29) is 12.2 Å². The molecule has 2 aromatic heterocycles. The standard InChI is InChI=1S/C20H21N3O2S/c21-16-7-6-14(18-5-4-10-25-18)11-15(16)12-17(24)20-22-19(13-26-20)23-8-2-1-3-9-23/h4-7,10-11,13H,1-3,8-9,12,21H2. The minimum Gasteiger partial charge on any atom is -0.464 e. The molecule has 0 amide bonds. The van der Waals surface area contributed by atoms with Crippen LogP contribution in [0.4, 0.5) is 11.5 Å². The van der Waals surface area contributed by atoms with Gasteiger partial charge in [0.2, 0.25) is 0 Å². The molecule has 1 aliphatic rings. The molecule has 1 aromatic carbocycles. The van der Waals surface area contributed by atoms with E-state index >= 15 is 0 Å². The van der Waals surface area contributed by atoms with Crippen LogP contribution in [0.5, 0.6) is 0 Å². The Hall–Kier alpha value is -2.60. The molecule has 6 heteroatoms. The van der Waals surface area contributed by atoms with Crippen molar-refractivity contribution in [1.29, 1.82) is 0 Å². The van der Waals surface area contributed by atoms with Crippen LogP contribution in [-0.4, -0.2) is 23.9 Å². The molecule has 0 aliphatic carbocycles. The van der Waals surface area contributed by atoms with Gasteiger partial charge in [-0.25, -0.2) is 4.98 Å². The molecule has 134 valence electrons. The van der Waals surface area contributed by atoms with Crippen LogP contribution in [0.1, 0.15) is 34.6 Å². The molecule has 2 N–H and O–H groups in total. The van der Waals surface area contributed by atoms with Gasteiger partial charge in [0.1, 0.15) is 11.6 Å². The zero-order valence-corrected chi connectivity index (χ0v) is 15.3. The van der Waals surface area contributed by atoms with Crippen molar-refractivity contribution in [3.05, 3.63) is 52.5 Å². The van der Waals surface area contributed by atoms with Crippen LogP contribution < -0.4 is 10.6 Å². The number of hydrogen-bond acceptors (Lipinski definition) is 6. The fourth-order valence-corrected chi connectivity index (χ4v) is 4.03. The summed E-state index contributed by atoms with van der Waals surface area (Å²) >= 11 is 1.42. The van der Waals surface area contributed by atoms with Crippen molar-refractivity contribution >= 4 is 28.6 Å². The number of carbonyl (C=O) groups is 1. The largest absolute Gasteiger partial charge is 0.464 e. The Morgan fingerprint density at radius 1 is 1.23 bits per heavy atom. The minimum absolute atomic E-state index is 0.00144. The molecule has 3 heterocycles. The summed E-state index contributed by atoms with van der Waals surface area (Å²) in [6, 6.07) is 9.38. The molecule has 1 aliphatic heterocycles. The number of aromatic nitrogens is 1. The van der Waals surface area contributed by atoms with Crippen LogP contribution in [0.2, 0.25) is 0 Å². The Morgan fingerprint density at radius 3 is 2.85 bits per heavy atom. The highest BCUT2D eigenvalue weighted by Crippen LogP contribution is 2.27. The number of anilines is 2. The Kier molecular flexibility index (Phi) is 4.75. The van der Waals surface area contributed by atoms with Crippen molar-refractivity contribution in [1.82, 2.24) is 4.98 Å². The zero-order chi connectivity index (χ0) is 17.9. The third-order valence-electron chi connectivity index (χ3n) is 4.71. The molecule has 1 fully saturated rings. The molecule has 0 unspecified atom stereocenters. The minimum atomic E-state index is 0.00144. The van der Waals surface area contributed by atoms with Crippen molar-refractivity contribution in [3.8, 4) is 11.3 Å². The van der Waals surface area contributed by atoms with Gasteiger partial charge < -0.3 is 15.1 Å². The summed E-state index contributed by atoms with van der Waals surface area (Å²) in [7, 11) is 0. The number of piperidine rings is 1. The zero-order valence-electron chi connectivity index (χ0n) is 14.5. The first-order valence-corrected chi connectivity index (χ1v) is 9.74. The van der Waals surface area contributed by atoms with Gasteiger partial charge in [-0.2, -0.15) is 0 Å². The highest BCUT2D eigenvalue weighted by molar-refractivity contribution is 7.12. The van der Waals surface area contributed by atoms with Crippen LogP contribution in [0, 0.1) is 0 Å². The second-order valence-electron chi connectivity index (χ2n) is 6.55. The molecule has 4 rings (SSSR count). The van der Waals surface area contributed by atoms with E-state index in [0.717, 1.165) is 35.8 Å². The average Bonchev–Trinajstić information content (AvgIpc) is 3.36. The van der Waals surface area contributed by atoms with Crippen LogP contribution >= 0.6 is 11.3 Å². The molecule has 1 saturated heterocycles. The van der Waals surface area contributed by atoms with E-state index in [0.29, 0.717) is 10.7 Å². The number of Topliss-reactive ketones (excluding diaryl/α,β-unsaturated/α-hetero) is 1. The van der Waals surface area contributed by atoms with Gasteiger partial charge in [-0.15, -0.1) is 11.3 Å². The molecule has 0 atom stereocenters. The van der Waals surface area contributed by atoms with Gasteiger partial charge >= 0.3 is 0 Å². The van der Waals surface area contributed by atoms with Crippen molar-refractivity contribution < 1.29 is 9.21 Å². The fourth-order valence-electron chi connectivity index (χ4n) is 3.27. The predicted octanol–water partition coefficient (Wildman–Crippen LogP) is 4.40. The molecule has 5 nitrogen and oxygen atoms in total. The molecule has 0 spiro atoms. The van der Waals surface area contributed by atoms with Crippen LogP contribution in [0.25, 0.3) is 11.3 Å². The molecule has 0 radical (unpaired) electrons. The molecule has 0 bridgehead atoms. The fraction of sp³-hybridized carbons (Fsp3) is 0.300. The van der Waals surface area contributed by atoms with E-state index in [1.54, 1.807) is 6.26 Å². The number of hydrogen-bond donors (Lipinski definition) is 1. The quantitative estimate of drug-likeness (QED) is 0.534. The van der Waals surface area contributed by atoms with Crippen molar-refractivity contribution in [3.63, 3.8) is 0 Å².